The molecule has 0 atom stereocenters. The molecule has 1 aliphatic heterocycles. The molecule has 138 valence electrons. The van der Waals surface area contributed by atoms with Crippen LogP contribution in [0.25, 0.3) is 5.70 Å². The van der Waals surface area contributed by atoms with E-state index in [2.05, 4.69) is 22.6 Å². The third kappa shape index (κ3) is 4.29. The van der Waals surface area contributed by atoms with E-state index in [-0.39, 0.29) is 0 Å². The van der Waals surface area contributed by atoms with Crippen molar-refractivity contribution in [1.82, 2.24) is 14.7 Å². The molecule has 0 N–H and O–H groups in total. The van der Waals surface area contributed by atoms with Gasteiger partial charge in [-0.2, -0.15) is 5.26 Å². The molecular weight excluding hydrogens is 336 g/mol. The van der Waals surface area contributed by atoms with E-state index in [1.165, 1.54) is 0 Å². The Hall–Kier alpha value is -3.26. The molecule has 0 radical (unpaired) electrons. The number of nitriles is 1. The van der Waals surface area contributed by atoms with Crippen LogP contribution < -0.4 is 4.74 Å². The Morgan fingerprint density at radius 2 is 2.19 bits per heavy atom. The lowest BCUT2D eigenvalue weighted by atomic mass is 10.1. The summed E-state index contributed by atoms with van der Waals surface area (Å²) >= 11 is 0. The Morgan fingerprint density at radius 1 is 1.33 bits per heavy atom. The van der Waals surface area contributed by atoms with Crippen LogP contribution in [0.5, 0.6) is 5.88 Å². The molecule has 1 aliphatic rings. The van der Waals surface area contributed by atoms with Gasteiger partial charge in [0.05, 0.1) is 30.4 Å². The minimum Gasteiger partial charge on any atom is -0.472 e. The summed E-state index contributed by atoms with van der Waals surface area (Å²) < 4.78 is 7.84. The van der Waals surface area contributed by atoms with E-state index in [9.17, 15) is 0 Å². The zero-order valence-corrected chi connectivity index (χ0v) is 15.9. The fraction of sp³-hybridized carbons (Fsp3) is 0.273. The third-order valence-corrected chi connectivity index (χ3v) is 4.62. The zero-order valence-electron chi connectivity index (χ0n) is 15.9. The Labute approximate surface area is 160 Å². The highest BCUT2D eigenvalue weighted by molar-refractivity contribution is 5.63. The van der Waals surface area contributed by atoms with Crippen LogP contribution in [0.2, 0.25) is 0 Å². The molecule has 1 aromatic heterocycles. The average molecular weight is 360 g/mol. The van der Waals surface area contributed by atoms with Crippen LogP contribution in [0.1, 0.15) is 30.7 Å². The van der Waals surface area contributed by atoms with E-state index in [0.29, 0.717) is 18.1 Å². The maximum absolute atomic E-state index is 9.10. The number of aromatic nitrogens is 2. The molecule has 0 aliphatic carbocycles. The van der Waals surface area contributed by atoms with Gasteiger partial charge >= 0.3 is 0 Å². The van der Waals surface area contributed by atoms with Crippen molar-refractivity contribution in [3.8, 4) is 11.9 Å². The van der Waals surface area contributed by atoms with Crippen molar-refractivity contribution in [2.75, 3.05) is 13.2 Å². The summed E-state index contributed by atoms with van der Waals surface area (Å²) in [6.45, 7) is 11.1. The number of allylic oxidation sites excluding steroid dienone is 2. The quantitative estimate of drug-likeness (QED) is 0.727. The average Bonchev–Trinajstić information content (AvgIpc) is 3.12. The van der Waals surface area contributed by atoms with Crippen molar-refractivity contribution < 1.29 is 4.74 Å². The standard InChI is InChI=1S/C22H24N4O/c1-4-7-18(5-2)16-27-22-13-21-15-25(10-11-26(21)24-22)17(3)20-9-6-8-19(12-20)14-23/h4-9,12-13H,3,10-11,15-16H2,1-2H3/b7-4-,18-5+. The third-order valence-electron chi connectivity index (χ3n) is 4.62. The van der Waals surface area contributed by atoms with Gasteiger partial charge in [0.15, 0.2) is 0 Å². The van der Waals surface area contributed by atoms with Gasteiger partial charge in [-0.1, -0.05) is 36.9 Å². The fourth-order valence-electron chi connectivity index (χ4n) is 3.09. The molecular formula is C22H24N4O. The van der Waals surface area contributed by atoms with Gasteiger partial charge in [0.25, 0.3) is 0 Å². The molecule has 1 aromatic carbocycles. The van der Waals surface area contributed by atoms with Crippen molar-refractivity contribution in [1.29, 1.82) is 5.26 Å². The van der Waals surface area contributed by atoms with Gasteiger partial charge < -0.3 is 9.64 Å². The van der Waals surface area contributed by atoms with E-state index in [4.69, 9.17) is 10.00 Å². The maximum atomic E-state index is 9.10. The molecule has 0 amide bonds. The second-order valence-electron chi connectivity index (χ2n) is 6.41. The molecule has 0 unspecified atom stereocenters. The van der Waals surface area contributed by atoms with Crippen LogP contribution in [0, 0.1) is 11.3 Å². The van der Waals surface area contributed by atoms with Crippen LogP contribution in [-0.2, 0) is 13.1 Å². The summed E-state index contributed by atoms with van der Waals surface area (Å²) in [7, 11) is 0. The summed E-state index contributed by atoms with van der Waals surface area (Å²) in [5.74, 6) is 0.646. The molecule has 0 fully saturated rings. The van der Waals surface area contributed by atoms with E-state index < -0.39 is 0 Å². The molecule has 2 heterocycles. The molecule has 0 saturated heterocycles. The van der Waals surface area contributed by atoms with Crippen molar-refractivity contribution in [2.24, 2.45) is 0 Å². The predicted octanol–water partition coefficient (Wildman–Crippen LogP) is 4.14. The van der Waals surface area contributed by atoms with E-state index in [1.807, 2.05) is 61.0 Å². The topological polar surface area (TPSA) is 54.1 Å². The molecule has 5 heteroatoms. The van der Waals surface area contributed by atoms with Gasteiger partial charge in [-0.3, -0.25) is 4.68 Å². The number of nitrogens with zero attached hydrogens (tertiary/aromatic N) is 4. The number of rotatable bonds is 6. The Kier molecular flexibility index (Phi) is 5.77. The molecule has 3 rings (SSSR count). The first-order valence-corrected chi connectivity index (χ1v) is 9.06. The van der Waals surface area contributed by atoms with Crippen LogP contribution in [0.15, 0.2) is 60.7 Å². The van der Waals surface area contributed by atoms with E-state index in [1.54, 1.807) is 6.07 Å². The molecule has 2 aromatic rings. The molecule has 0 spiro atoms. The first-order chi connectivity index (χ1) is 13.1. The van der Waals surface area contributed by atoms with Crippen LogP contribution >= 0.6 is 0 Å². The first-order valence-electron chi connectivity index (χ1n) is 9.06. The minimum absolute atomic E-state index is 0.509. The number of benzene rings is 1. The lowest BCUT2D eigenvalue weighted by molar-refractivity contribution is 0.297. The number of fused-ring (bicyclic) bond motifs is 1. The van der Waals surface area contributed by atoms with Gasteiger partial charge in [-0.05, 0) is 37.1 Å². The largest absolute Gasteiger partial charge is 0.472 e. The van der Waals surface area contributed by atoms with Gasteiger partial charge in [0.2, 0.25) is 5.88 Å². The number of ether oxygens (including phenoxy) is 1. The minimum atomic E-state index is 0.509. The summed E-state index contributed by atoms with van der Waals surface area (Å²) in [5, 5.41) is 13.7. The molecule has 5 nitrogen and oxygen atoms in total. The van der Waals surface area contributed by atoms with Crippen molar-refractivity contribution in [3.63, 3.8) is 0 Å². The highest BCUT2D eigenvalue weighted by atomic mass is 16.5. The highest BCUT2D eigenvalue weighted by Gasteiger charge is 2.20. The van der Waals surface area contributed by atoms with E-state index >= 15 is 0 Å². The van der Waals surface area contributed by atoms with Crippen molar-refractivity contribution >= 4 is 5.70 Å². The summed E-state index contributed by atoms with van der Waals surface area (Å²) in [6, 6.07) is 11.7. The van der Waals surface area contributed by atoms with Crippen molar-refractivity contribution in [3.05, 3.63) is 77.5 Å². The zero-order chi connectivity index (χ0) is 19.2. The fourth-order valence-corrected chi connectivity index (χ4v) is 3.09. The summed E-state index contributed by atoms with van der Waals surface area (Å²) in [5.41, 5.74) is 4.76. The van der Waals surface area contributed by atoms with Gasteiger partial charge in [-0.15, -0.1) is 5.10 Å². The van der Waals surface area contributed by atoms with E-state index in [0.717, 1.165) is 42.2 Å². The maximum Gasteiger partial charge on any atom is 0.233 e. The Balaban J connectivity index is 1.68. The molecule has 0 saturated carbocycles. The summed E-state index contributed by atoms with van der Waals surface area (Å²) in [4.78, 5) is 2.22. The summed E-state index contributed by atoms with van der Waals surface area (Å²) in [6.07, 6.45) is 6.08. The second-order valence-corrected chi connectivity index (χ2v) is 6.41. The lowest BCUT2D eigenvalue weighted by Gasteiger charge is -2.31. The Morgan fingerprint density at radius 3 is 2.93 bits per heavy atom. The SMILES string of the molecule is C=C(c1cccc(C#N)c1)N1CCn2nc(OCC(/C=C\C)=C/C)cc2C1. The van der Waals surface area contributed by atoms with Crippen LogP contribution in [0.3, 0.4) is 0 Å². The smallest absolute Gasteiger partial charge is 0.233 e. The predicted molar refractivity (Wildman–Crippen MR) is 107 cm³/mol. The number of hydrogen-bond acceptors (Lipinski definition) is 4. The first kappa shape index (κ1) is 18.5. The normalized spacial score (nSPS) is 14.1. The molecule has 0 bridgehead atoms. The van der Waals surface area contributed by atoms with Gasteiger partial charge in [0, 0.05) is 18.3 Å². The monoisotopic (exact) mass is 360 g/mol. The van der Waals surface area contributed by atoms with Gasteiger partial charge in [0.1, 0.15) is 6.61 Å². The van der Waals surface area contributed by atoms with Crippen LogP contribution in [0.4, 0.5) is 0 Å². The Bertz CT molecular complexity index is 930. The highest BCUT2D eigenvalue weighted by Crippen LogP contribution is 2.25. The number of hydrogen-bond donors (Lipinski definition) is 0. The van der Waals surface area contributed by atoms with Crippen LogP contribution in [-0.4, -0.2) is 27.8 Å². The second kappa shape index (κ2) is 8.41. The van der Waals surface area contributed by atoms with Crippen molar-refractivity contribution in [2.45, 2.75) is 26.9 Å². The lowest BCUT2D eigenvalue weighted by Crippen LogP contribution is -2.32. The van der Waals surface area contributed by atoms with Gasteiger partial charge in [-0.25, -0.2) is 0 Å². The molecule has 27 heavy (non-hydrogen) atoms.